The Morgan fingerprint density at radius 2 is 2.20 bits per heavy atom. The van der Waals surface area contributed by atoms with Crippen LogP contribution in [0.15, 0.2) is 24.3 Å². The molecule has 0 radical (unpaired) electrons. The van der Waals surface area contributed by atoms with Crippen LogP contribution in [0, 0.1) is 0 Å². The monoisotopic (exact) mass is 221 g/mol. The van der Waals surface area contributed by atoms with Gasteiger partial charge in [-0.05, 0) is 12.1 Å². The van der Waals surface area contributed by atoms with Crippen molar-refractivity contribution in [3.05, 3.63) is 29.3 Å². The number of nitrogens with two attached hydrogens (primary N) is 2. The highest BCUT2D eigenvalue weighted by molar-refractivity contribution is 7.18. The van der Waals surface area contributed by atoms with Gasteiger partial charge in [0, 0.05) is 6.42 Å². The smallest absolute Gasteiger partial charge is 0.234 e. The van der Waals surface area contributed by atoms with Gasteiger partial charge in [-0.1, -0.05) is 12.1 Å². The van der Waals surface area contributed by atoms with Gasteiger partial charge in [-0.2, -0.15) is 0 Å². The number of para-hydroxylation sites is 1. The topological polar surface area (TPSA) is 82.0 Å². The summed E-state index contributed by atoms with van der Waals surface area (Å²) in [4.78, 5) is 15.2. The number of thiazole rings is 1. The van der Waals surface area contributed by atoms with Crippen molar-refractivity contribution in [3.63, 3.8) is 0 Å². The number of aromatic nitrogens is 1. The number of rotatable bonds is 3. The zero-order valence-electron chi connectivity index (χ0n) is 8.01. The summed E-state index contributed by atoms with van der Waals surface area (Å²) in [6.07, 6.45) is 0.411. The van der Waals surface area contributed by atoms with Crippen LogP contribution in [0.2, 0.25) is 0 Å². The van der Waals surface area contributed by atoms with Gasteiger partial charge in [-0.25, -0.2) is 4.98 Å². The van der Waals surface area contributed by atoms with Gasteiger partial charge in [0.05, 0.1) is 21.3 Å². The molecule has 0 aliphatic heterocycles. The van der Waals surface area contributed by atoms with E-state index in [4.69, 9.17) is 11.5 Å². The first-order chi connectivity index (χ1) is 7.16. The zero-order valence-corrected chi connectivity index (χ0v) is 8.83. The molecule has 1 atom stereocenters. The summed E-state index contributed by atoms with van der Waals surface area (Å²) in [7, 11) is 0. The van der Waals surface area contributed by atoms with Crippen LogP contribution in [0.3, 0.4) is 0 Å². The lowest BCUT2D eigenvalue weighted by Gasteiger charge is -2.02. The third kappa shape index (κ3) is 2.14. The Kier molecular flexibility index (Phi) is 2.66. The second kappa shape index (κ2) is 3.96. The molecule has 4 nitrogen and oxygen atoms in total. The predicted octanol–water partition coefficient (Wildman–Crippen LogP) is 0.651. The minimum atomic E-state index is -0.648. The first kappa shape index (κ1) is 10.1. The standard InChI is InChI=1S/C10H11N3OS/c11-6(10(12)14)5-9-13-7-3-1-2-4-8(7)15-9/h1-4,6H,5,11H2,(H2,12,14). The first-order valence-electron chi connectivity index (χ1n) is 4.56. The van der Waals surface area contributed by atoms with E-state index in [9.17, 15) is 4.79 Å². The second-order valence-corrected chi connectivity index (χ2v) is 4.40. The summed E-state index contributed by atoms with van der Waals surface area (Å²) < 4.78 is 1.10. The number of primary amides is 1. The van der Waals surface area contributed by atoms with Gasteiger partial charge in [-0.15, -0.1) is 11.3 Å². The average Bonchev–Trinajstić information content (AvgIpc) is 2.59. The van der Waals surface area contributed by atoms with Gasteiger partial charge >= 0.3 is 0 Å². The van der Waals surface area contributed by atoms with Crippen molar-refractivity contribution in [1.29, 1.82) is 0 Å². The molecular formula is C10H11N3OS. The molecule has 78 valence electrons. The number of carbonyl (C=O) groups is 1. The Bertz CT molecular complexity index is 461. The van der Waals surface area contributed by atoms with E-state index in [1.54, 1.807) is 11.3 Å². The number of carbonyl (C=O) groups excluding carboxylic acids is 1. The van der Waals surface area contributed by atoms with Gasteiger partial charge in [0.15, 0.2) is 0 Å². The lowest BCUT2D eigenvalue weighted by molar-refractivity contribution is -0.119. The Balaban J connectivity index is 2.26. The van der Waals surface area contributed by atoms with E-state index in [1.165, 1.54) is 0 Å². The highest BCUT2D eigenvalue weighted by atomic mass is 32.1. The molecule has 5 heteroatoms. The van der Waals surface area contributed by atoms with Crippen LogP contribution in [0.25, 0.3) is 10.2 Å². The summed E-state index contributed by atoms with van der Waals surface area (Å²) in [6, 6.07) is 7.17. The van der Waals surface area contributed by atoms with E-state index in [0.29, 0.717) is 6.42 Å². The van der Waals surface area contributed by atoms with E-state index in [2.05, 4.69) is 4.98 Å². The minimum absolute atomic E-state index is 0.411. The van der Waals surface area contributed by atoms with Crippen LogP contribution in [-0.4, -0.2) is 16.9 Å². The molecule has 0 spiro atoms. The first-order valence-corrected chi connectivity index (χ1v) is 5.38. The molecule has 1 unspecified atom stereocenters. The lowest BCUT2D eigenvalue weighted by atomic mass is 10.2. The molecule has 0 bridgehead atoms. The van der Waals surface area contributed by atoms with E-state index in [1.807, 2.05) is 24.3 Å². The molecule has 2 aromatic rings. The normalized spacial score (nSPS) is 12.9. The Labute approximate surface area is 90.9 Å². The maximum atomic E-state index is 10.8. The largest absolute Gasteiger partial charge is 0.368 e. The fraction of sp³-hybridized carbons (Fsp3) is 0.200. The average molecular weight is 221 g/mol. The van der Waals surface area contributed by atoms with Crippen molar-refractivity contribution in [2.75, 3.05) is 0 Å². The summed E-state index contributed by atoms with van der Waals surface area (Å²) in [6.45, 7) is 0. The number of benzene rings is 1. The van der Waals surface area contributed by atoms with Crippen molar-refractivity contribution < 1.29 is 4.79 Å². The predicted molar refractivity (Wildman–Crippen MR) is 60.5 cm³/mol. The second-order valence-electron chi connectivity index (χ2n) is 3.29. The van der Waals surface area contributed by atoms with Gasteiger partial charge < -0.3 is 11.5 Å². The molecule has 0 saturated carbocycles. The maximum absolute atomic E-state index is 10.8. The van der Waals surface area contributed by atoms with E-state index < -0.39 is 11.9 Å². The van der Waals surface area contributed by atoms with Gasteiger partial charge in [0.1, 0.15) is 0 Å². The highest BCUT2D eigenvalue weighted by Gasteiger charge is 2.12. The van der Waals surface area contributed by atoms with Gasteiger partial charge in [-0.3, -0.25) is 4.79 Å². The molecule has 1 aromatic carbocycles. The summed E-state index contributed by atoms with van der Waals surface area (Å²) in [5.41, 5.74) is 11.6. The molecular weight excluding hydrogens is 210 g/mol. The molecule has 1 amide bonds. The number of amides is 1. The molecule has 0 fully saturated rings. The van der Waals surface area contributed by atoms with Crippen molar-refractivity contribution in [3.8, 4) is 0 Å². The Hall–Kier alpha value is -1.46. The molecule has 4 N–H and O–H groups in total. The van der Waals surface area contributed by atoms with Gasteiger partial charge in [0.2, 0.25) is 5.91 Å². The Morgan fingerprint density at radius 1 is 1.47 bits per heavy atom. The van der Waals surface area contributed by atoms with E-state index in [-0.39, 0.29) is 0 Å². The van der Waals surface area contributed by atoms with Crippen LogP contribution >= 0.6 is 11.3 Å². The molecule has 0 aliphatic carbocycles. The zero-order chi connectivity index (χ0) is 10.8. The van der Waals surface area contributed by atoms with Crippen LogP contribution < -0.4 is 11.5 Å². The van der Waals surface area contributed by atoms with Crippen molar-refractivity contribution in [1.82, 2.24) is 4.98 Å². The number of nitrogens with zero attached hydrogens (tertiary/aromatic N) is 1. The Morgan fingerprint density at radius 3 is 2.87 bits per heavy atom. The number of hydrogen-bond acceptors (Lipinski definition) is 4. The van der Waals surface area contributed by atoms with Crippen LogP contribution in [0.1, 0.15) is 5.01 Å². The SMILES string of the molecule is NC(=O)C(N)Cc1nc2ccccc2s1. The van der Waals surface area contributed by atoms with E-state index in [0.717, 1.165) is 15.2 Å². The summed E-state index contributed by atoms with van der Waals surface area (Å²) >= 11 is 1.54. The van der Waals surface area contributed by atoms with Gasteiger partial charge in [0.25, 0.3) is 0 Å². The molecule has 2 rings (SSSR count). The molecule has 15 heavy (non-hydrogen) atoms. The van der Waals surface area contributed by atoms with Crippen molar-refractivity contribution >= 4 is 27.5 Å². The quantitative estimate of drug-likeness (QED) is 0.798. The molecule has 1 aromatic heterocycles. The third-order valence-corrected chi connectivity index (χ3v) is 3.16. The minimum Gasteiger partial charge on any atom is -0.368 e. The molecule has 0 aliphatic rings. The molecule has 1 heterocycles. The molecule has 0 saturated heterocycles. The van der Waals surface area contributed by atoms with E-state index >= 15 is 0 Å². The van der Waals surface area contributed by atoms with Crippen LogP contribution in [0.5, 0.6) is 0 Å². The van der Waals surface area contributed by atoms with Crippen molar-refractivity contribution in [2.24, 2.45) is 11.5 Å². The number of fused-ring (bicyclic) bond motifs is 1. The van der Waals surface area contributed by atoms with Crippen LogP contribution in [-0.2, 0) is 11.2 Å². The summed E-state index contributed by atoms with van der Waals surface area (Å²) in [5.74, 6) is -0.491. The fourth-order valence-electron chi connectivity index (χ4n) is 1.30. The highest BCUT2D eigenvalue weighted by Crippen LogP contribution is 2.22. The van der Waals surface area contributed by atoms with Crippen molar-refractivity contribution in [2.45, 2.75) is 12.5 Å². The number of hydrogen-bond donors (Lipinski definition) is 2. The summed E-state index contributed by atoms with van der Waals surface area (Å²) in [5, 5.41) is 0.850. The van der Waals surface area contributed by atoms with Crippen LogP contribution in [0.4, 0.5) is 0 Å². The lowest BCUT2D eigenvalue weighted by Crippen LogP contribution is -2.38. The fourth-order valence-corrected chi connectivity index (χ4v) is 2.32. The third-order valence-electron chi connectivity index (χ3n) is 2.10. The maximum Gasteiger partial charge on any atom is 0.234 e.